The van der Waals surface area contributed by atoms with Crippen molar-refractivity contribution in [1.29, 1.82) is 5.41 Å². The summed E-state index contributed by atoms with van der Waals surface area (Å²) in [6.45, 7) is 3.59. The summed E-state index contributed by atoms with van der Waals surface area (Å²) in [5.41, 5.74) is 0. The SMILES string of the molecule is C=C1N=CC=CN1C=N. The monoisotopic (exact) mass is 121 g/mol. The maximum atomic E-state index is 6.84. The average molecular weight is 121 g/mol. The van der Waals surface area contributed by atoms with Crippen molar-refractivity contribution in [1.82, 2.24) is 4.90 Å². The third-order valence-corrected chi connectivity index (χ3v) is 0.993. The quantitative estimate of drug-likeness (QED) is 0.407. The number of hydrogen-bond acceptors (Lipinski definition) is 2. The lowest BCUT2D eigenvalue weighted by Crippen LogP contribution is -2.13. The third kappa shape index (κ3) is 1.05. The van der Waals surface area contributed by atoms with Crippen LogP contribution in [0.25, 0.3) is 0 Å². The fraction of sp³-hybridized carbons (Fsp3) is 0. The molecule has 0 aliphatic carbocycles. The number of rotatable bonds is 1. The molecule has 0 radical (unpaired) electrons. The smallest absolute Gasteiger partial charge is 0.130 e. The van der Waals surface area contributed by atoms with E-state index in [9.17, 15) is 0 Å². The molecule has 0 saturated heterocycles. The van der Waals surface area contributed by atoms with E-state index in [1.807, 2.05) is 0 Å². The van der Waals surface area contributed by atoms with Gasteiger partial charge >= 0.3 is 0 Å². The Morgan fingerprint density at radius 1 is 1.78 bits per heavy atom. The molecule has 0 aromatic heterocycles. The molecule has 1 aliphatic heterocycles. The summed E-state index contributed by atoms with van der Waals surface area (Å²) in [4.78, 5) is 5.38. The van der Waals surface area contributed by atoms with E-state index in [0.717, 1.165) is 6.34 Å². The molecule has 0 spiro atoms. The van der Waals surface area contributed by atoms with Gasteiger partial charge in [0.25, 0.3) is 0 Å². The van der Waals surface area contributed by atoms with E-state index in [1.54, 1.807) is 18.5 Å². The van der Waals surface area contributed by atoms with E-state index >= 15 is 0 Å². The maximum Gasteiger partial charge on any atom is 0.130 e. The van der Waals surface area contributed by atoms with Gasteiger partial charge in [-0.3, -0.25) is 10.3 Å². The van der Waals surface area contributed by atoms with Gasteiger partial charge in [0.15, 0.2) is 0 Å². The Bertz CT molecular complexity index is 190. The molecule has 46 valence electrons. The molecule has 0 fully saturated rings. The molecule has 0 saturated carbocycles. The second-order valence-corrected chi connectivity index (χ2v) is 1.57. The van der Waals surface area contributed by atoms with Gasteiger partial charge in [0.1, 0.15) is 5.82 Å². The van der Waals surface area contributed by atoms with Gasteiger partial charge in [-0.05, 0) is 6.08 Å². The summed E-state index contributed by atoms with van der Waals surface area (Å²) < 4.78 is 0. The molecule has 0 atom stereocenters. The Morgan fingerprint density at radius 2 is 2.56 bits per heavy atom. The van der Waals surface area contributed by atoms with Crippen molar-refractivity contribution >= 4 is 12.6 Å². The molecule has 0 aromatic rings. The Morgan fingerprint density at radius 3 is 3.00 bits per heavy atom. The van der Waals surface area contributed by atoms with Gasteiger partial charge < -0.3 is 0 Å². The van der Waals surface area contributed by atoms with E-state index in [4.69, 9.17) is 5.41 Å². The van der Waals surface area contributed by atoms with E-state index in [1.165, 1.54) is 4.90 Å². The summed E-state index contributed by atoms with van der Waals surface area (Å²) in [5, 5.41) is 6.84. The van der Waals surface area contributed by atoms with Gasteiger partial charge in [0, 0.05) is 12.4 Å². The fourth-order valence-corrected chi connectivity index (χ4v) is 0.531. The average Bonchev–Trinajstić information content (AvgIpc) is 1.89. The van der Waals surface area contributed by atoms with E-state index in [2.05, 4.69) is 11.6 Å². The number of nitrogens with one attached hydrogen (secondary N) is 1. The van der Waals surface area contributed by atoms with Crippen LogP contribution >= 0.6 is 0 Å². The number of aliphatic imine (C=N–C) groups is 1. The molecule has 0 bridgehead atoms. The molecule has 0 aromatic carbocycles. The zero-order valence-electron chi connectivity index (χ0n) is 4.91. The summed E-state index contributed by atoms with van der Waals surface area (Å²) in [5.74, 6) is 0.576. The lowest BCUT2D eigenvalue weighted by Gasteiger charge is -2.13. The Balaban J connectivity index is 2.77. The first kappa shape index (κ1) is 5.75. The van der Waals surface area contributed by atoms with Crippen LogP contribution in [0.1, 0.15) is 0 Å². The molecular formula is C6H7N3. The first-order valence-corrected chi connectivity index (χ1v) is 2.53. The van der Waals surface area contributed by atoms with Crippen LogP contribution in [0.4, 0.5) is 0 Å². The van der Waals surface area contributed by atoms with Crippen LogP contribution in [0.3, 0.4) is 0 Å². The van der Waals surface area contributed by atoms with E-state index in [0.29, 0.717) is 5.82 Å². The van der Waals surface area contributed by atoms with Gasteiger partial charge in [-0.1, -0.05) is 6.58 Å². The van der Waals surface area contributed by atoms with Crippen molar-refractivity contribution in [2.45, 2.75) is 0 Å². The van der Waals surface area contributed by atoms with Crippen molar-refractivity contribution in [3.63, 3.8) is 0 Å². The third-order valence-electron chi connectivity index (χ3n) is 0.993. The lowest BCUT2D eigenvalue weighted by atomic mass is 10.5. The number of allylic oxidation sites excluding steroid dienone is 1. The van der Waals surface area contributed by atoms with Crippen LogP contribution in [-0.2, 0) is 0 Å². The first-order valence-electron chi connectivity index (χ1n) is 2.53. The van der Waals surface area contributed by atoms with Gasteiger partial charge in [-0.15, -0.1) is 0 Å². The highest BCUT2D eigenvalue weighted by Crippen LogP contribution is 2.03. The van der Waals surface area contributed by atoms with Crippen LogP contribution in [-0.4, -0.2) is 17.5 Å². The normalized spacial score (nSPS) is 16.4. The van der Waals surface area contributed by atoms with Gasteiger partial charge in [-0.2, -0.15) is 0 Å². The molecule has 3 heteroatoms. The zero-order valence-corrected chi connectivity index (χ0v) is 4.91. The highest BCUT2D eigenvalue weighted by Gasteiger charge is 1.98. The number of nitrogens with zero attached hydrogens (tertiary/aromatic N) is 2. The second-order valence-electron chi connectivity index (χ2n) is 1.57. The van der Waals surface area contributed by atoms with Crippen molar-refractivity contribution < 1.29 is 0 Å². The summed E-state index contributed by atoms with van der Waals surface area (Å²) in [6, 6.07) is 0. The molecule has 3 nitrogen and oxygen atoms in total. The minimum absolute atomic E-state index is 0.576. The van der Waals surface area contributed by atoms with Crippen molar-refractivity contribution in [3.8, 4) is 0 Å². The lowest BCUT2D eigenvalue weighted by molar-refractivity contribution is 0.694. The standard InChI is InChI=1S/C6H7N3/c1-6-8-3-2-4-9(6)5-7/h2-5,7H,1H2. The van der Waals surface area contributed by atoms with Crippen LogP contribution in [0.15, 0.2) is 29.7 Å². The minimum Gasteiger partial charge on any atom is -0.293 e. The molecule has 0 amide bonds. The Labute approximate surface area is 53.5 Å². The van der Waals surface area contributed by atoms with Crippen molar-refractivity contribution in [2.24, 2.45) is 4.99 Å². The van der Waals surface area contributed by atoms with Gasteiger partial charge in [0.2, 0.25) is 0 Å². The first-order chi connectivity index (χ1) is 4.34. The van der Waals surface area contributed by atoms with Crippen LogP contribution in [0.2, 0.25) is 0 Å². The van der Waals surface area contributed by atoms with Crippen molar-refractivity contribution in [2.75, 3.05) is 0 Å². The molecular weight excluding hydrogens is 114 g/mol. The van der Waals surface area contributed by atoms with Crippen molar-refractivity contribution in [3.05, 3.63) is 24.7 Å². The summed E-state index contributed by atoms with van der Waals surface area (Å²) in [7, 11) is 0. The van der Waals surface area contributed by atoms with Gasteiger partial charge in [0.05, 0.1) is 6.34 Å². The molecule has 9 heavy (non-hydrogen) atoms. The molecule has 1 rings (SSSR count). The summed E-state index contributed by atoms with van der Waals surface area (Å²) in [6.07, 6.45) is 6.28. The predicted octanol–water partition coefficient (Wildman–Crippen LogP) is 0.965. The molecule has 1 aliphatic rings. The second kappa shape index (κ2) is 2.26. The molecule has 0 unspecified atom stereocenters. The van der Waals surface area contributed by atoms with Gasteiger partial charge in [-0.25, -0.2) is 4.99 Å². The predicted molar refractivity (Wildman–Crippen MR) is 37.4 cm³/mol. The molecule has 1 heterocycles. The highest BCUT2D eigenvalue weighted by atomic mass is 15.2. The number of hydrogen-bond donors (Lipinski definition) is 1. The maximum absolute atomic E-state index is 6.84. The highest BCUT2D eigenvalue weighted by molar-refractivity contribution is 5.75. The largest absolute Gasteiger partial charge is 0.293 e. The zero-order chi connectivity index (χ0) is 6.69. The van der Waals surface area contributed by atoms with Crippen LogP contribution in [0, 0.1) is 5.41 Å². The fourth-order valence-electron chi connectivity index (χ4n) is 0.531. The summed E-state index contributed by atoms with van der Waals surface area (Å²) >= 11 is 0. The topological polar surface area (TPSA) is 39.5 Å². The Kier molecular flexibility index (Phi) is 1.44. The van der Waals surface area contributed by atoms with Crippen LogP contribution in [0.5, 0.6) is 0 Å². The minimum atomic E-state index is 0.576. The Hall–Kier alpha value is -1.38. The van der Waals surface area contributed by atoms with E-state index < -0.39 is 0 Å². The van der Waals surface area contributed by atoms with E-state index in [-0.39, 0.29) is 0 Å². The van der Waals surface area contributed by atoms with Crippen LogP contribution < -0.4 is 0 Å². The molecule has 1 N–H and O–H groups in total.